The predicted octanol–water partition coefficient (Wildman–Crippen LogP) is 4.49. The summed E-state index contributed by atoms with van der Waals surface area (Å²) in [6, 6.07) is 5.75. The van der Waals surface area contributed by atoms with Crippen molar-refractivity contribution in [2.24, 2.45) is 5.92 Å². The van der Waals surface area contributed by atoms with Gasteiger partial charge in [0.15, 0.2) is 0 Å². The van der Waals surface area contributed by atoms with E-state index in [1.165, 1.54) is 12.0 Å². The number of rotatable bonds is 4. The maximum Gasteiger partial charge on any atom is 0.0595 e. The zero-order valence-corrected chi connectivity index (χ0v) is 11.8. The van der Waals surface area contributed by atoms with Crippen LogP contribution in [-0.2, 0) is 6.54 Å². The van der Waals surface area contributed by atoms with Crippen molar-refractivity contribution in [2.75, 3.05) is 6.54 Å². The minimum atomic E-state index is 0.381. The van der Waals surface area contributed by atoms with Gasteiger partial charge in [0.05, 0.1) is 10.0 Å². The summed E-state index contributed by atoms with van der Waals surface area (Å²) >= 11 is 17.9. The Morgan fingerprint density at radius 3 is 2.65 bits per heavy atom. The first kappa shape index (κ1) is 13.5. The van der Waals surface area contributed by atoms with Gasteiger partial charge >= 0.3 is 0 Å². The third-order valence-corrected chi connectivity index (χ3v) is 4.36. The Bertz CT molecular complexity index is 381. The highest BCUT2D eigenvalue weighted by atomic mass is 35.5. The molecule has 0 aromatic heterocycles. The zero-order chi connectivity index (χ0) is 12.3. The van der Waals surface area contributed by atoms with Gasteiger partial charge in [0.25, 0.3) is 0 Å². The van der Waals surface area contributed by atoms with Gasteiger partial charge in [-0.1, -0.05) is 29.3 Å². The van der Waals surface area contributed by atoms with Crippen molar-refractivity contribution in [2.45, 2.75) is 31.2 Å². The monoisotopic (exact) mass is 291 g/mol. The van der Waals surface area contributed by atoms with E-state index in [9.17, 15) is 0 Å². The molecular formula is C13H16Cl3N. The average Bonchev–Trinajstić information content (AvgIpc) is 2.70. The predicted molar refractivity (Wildman–Crippen MR) is 75.2 cm³/mol. The Morgan fingerprint density at radius 2 is 2.00 bits per heavy atom. The molecule has 0 saturated heterocycles. The molecule has 4 heteroatoms. The molecule has 0 radical (unpaired) electrons. The summed E-state index contributed by atoms with van der Waals surface area (Å²) in [6.07, 6.45) is 3.53. The maximum absolute atomic E-state index is 6.08. The van der Waals surface area contributed by atoms with Gasteiger partial charge < -0.3 is 5.32 Å². The number of benzene rings is 1. The molecule has 1 aromatic rings. The minimum Gasteiger partial charge on any atom is -0.312 e. The molecule has 0 aliphatic heterocycles. The van der Waals surface area contributed by atoms with Crippen LogP contribution in [0.4, 0.5) is 0 Å². The van der Waals surface area contributed by atoms with Gasteiger partial charge in [-0.15, -0.1) is 11.6 Å². The van der Waals surface area contributed by atoms with Gasteiger partial charge in [-0.05, 0) is 49.4 Å². The van der Waals surface area contributed by atoms with Crippen LogP contribution in [0.2, 0.25) is 10.0 Å². The highest BCUT2D eigenvalue weighted by Gasteiger charge is 2.22. The molecule has 2 atom stereocenters. The molecule has 2 rings (SSSR count). The highest BCUT2D eigenvalue weighted by molar-refractivity contribution is 6.42. The van der Waals surface area contributed by atoms with Gasteiger partial charge in [-0.3, -0.25) is 0 Å². The second kappa shape index (κ2) is 6.29. The Hall–Kier alpha value is 0.0500. The summed E-state index contributed by atoms with van der Waals surface area (Å²) in [5, 5.41) is 5.06. The van der Waals surface area contributed by atoms with E-state index in [2.05, 4.69) is 5.32 Å². The Kier molecular flexibility index (Phi) is 4.98. The molecule has 2 unspecified atom stereocenters. The van der Waals surface area contributed by atoms with Crippen molar-refractivity contribution >= 4 is 34.8 Å². The van der Waals surface area contributed by atoms with Gasteiger partial charge in [0.2, 0.25) is 0 Å². The van der Waals surface area contributed by atoms with E-state index < -0.39 is 0 Å². The molecule has 1 aliphatic rings. The van der Waals surface area contributed by atoms with E-state index in [1.54, 1.807) is 0 Å². The van der Waals surface area contributed by atoms with Crippen molar-refractivity contribution in [1.82, 2.24) is 5.32 Å². The van der Waals surface area contributed by atoms with Gasteiger partial charge in [0.1, 0.15) is 0 Å². The Morgan fingerprint density at radius 1 is 1.18 bits per heavy atom. The fraction of sp³-hybridized carbons (Fsp3) is 0.538. The lowest BCUT2D eigenvalue weighted by atomic mass is 10.1. The minimum absolute atomic E-state index is 0.381. The molecule has 1 fully saturated rings. The summed E-state index contributed by atoms with van der Waals surface area (Å²) in [5.74, 6) is 0.722. The third-order valence-electron chi connectivity index (χ3n) is 3.22. The molecule has 17 heavy (non-hydrogen) atoms. The normalized spacial score (nSPS) is 24.2. The van der Waals surface area contributed by atoms with E-state index in [0.717, 1.165) is 31.8 Å². The summed E-state index contributed by atoms with van der Waals surface area (Å²) in [5.41, 5.74) is 1.17. The second-order valence-electron chi connectivity index (χ2n) is 4.66. The second-order valence-corrected chi connectivity index (χ2v) is 6.09. The van der Waals surface area contributed by atoms with Crippen LogP contribution in [0.5, 0.6) is 0 Å². The van der Waals surface area contributed by atoms with Crippen molar-refractivity contribution in [3.8, 4) is 0 Å². The van der Waals surface area contributed by atoms with Crippen molar-refractivity contribution < 1.29 is 0 Å². The molecule has 94 valence electrons. The molecule has 0 bridgehead atoms. The van der Waals surface area contributed by atoms with E-state index in [0.29, 0.717) is 15.4 Å². The lowest BCUT2D eigenvalue weighted by Gasteiger charge is -2.11. The van der Waals surface area contributed by atoms with Crippen LogP contribution >= 0.6 is 34.8 Å². The summed E-state index contributed by atoms with van der Waals surface area (Å²) in [6.45, 7) is 1.86. The zero-order valence-electron chi connectivity index (χ0n) is 9.56. The topological polar surface area (TPSA) is 12.0 Å². The molecule has 1 aliphatic carbocycles. The maximum atomic E-state index is 6.08. The van der Waals surface area contributed by atoms with Crippen LogP contribution in [0.3, 0.4) is 0 Å². The summed E-state index contributed by atoms with van der Waals surface area (Å²) < 4.78 is 0. The molecular weight excluding hydrogens is 277 g/mol. The van der Waals surface area contributed by atoms with E-state index in [1.807, 2.05) is 18.2 Å². The molecule has 1 nitrogen and oxygen atoms in total. The quantitative estimate of drug-likeness (QED) is 0.806. The number of hydrogen-bond donors (Lipinski definition) is 1. The van der Waals surface area contributed by atoms with Gasteiger partial charge in [0, 0.05) is 11.9 Å². The lowest BCUT2D eigenvalue weighted by molar-refractivity contribution is 0.490. The molecule has 0 spiro atoms. The molecule has 1 aromatic carbocycles. The number of alkyl halides is 1. The fourth-order valence-electron chi connectivity index (χ4n) is 2.27. The van der Waals surface area contributed by atoms with E-state index in [-0.39, 0.29) is 0 Å². The first-order chi connectivity index (χ1) is 8.15. The van der Waals surface area contributed by atoms with Gasteiger partial charge in [-0.25, -0.2) is 0 Å². The van der Waals surface area contributed by atoms with Crippen LogP contribution < -0.4 is 5.32 Å². The largest absolute Gasteiger partial charge is 0.312 e. The van der Waals surface area contributed by atoms with Crippen molar-refractivity contribution in [1.29, 1.82) is 0 Å². The summed E-state index contributed by atoms with van der Waals surface area (Å²) in [7, 11) is 0. The first-order valence-corrected chi connectivity index (χ1v) is 7.13. The smallest absolute Gasteiger partial charge is 0.0595 e. The Labute approximate surface area is 117 Å². The molecule has 1 N–H and O–H groups in total. The van der Waals surface area contributed by atoms with Crippen LogP contribution in [0.15, 0.2) is 18.2 Å². The SMILES string of the molecule is Clc1ccc(CNCC2CCC(Cl)C2)cc1Cl. The fourth-order valence-corrected chi connectivity index (χ4v) is 2.97. The molecule has 0 amide bonds. The number of hydrogen-bond acceptors (Lipinski definition) is 1. The van der Waals surface area contributed by atoms with Crippen molar-refractivity contribution in [3.63, 3.8) is 0 Å². The molecule has 1 saturated carbocycles. The van der Waals surface area contributed by atoms with Crippen LogP contribution in [0.1, 0.15) is 24.8 Å². The van der Waals surface area contributed by atoms with E-state index >= 15 is 0 Å². The average molecular weight is 293 g/mol. The van der Waals surface area contributed by atoms with Crippen LogP contribution in [0, 0.1) is 5.92 Å². The lowest BCUT2D eigenvalue weighted by Crippen LogP contribution is -2.21. The number of halogens is 3. The number of nitrogens with one attached hydrogen (secondary N) is 1. The highest BCUT2D eigenvalue weighted by Crippen LogP contribution is 2.29. The molecule has 0 heterocycles. The standard InChI is InChI=1S/C13H16Cl3N/c14-11-3-1-9(5-11)7-17-8-10-2-4-12(15)13(16)6-10/h2,4,6,9,11,17H,1,3,5,7-8H2. The van der Waals surface area contributed by atoms with Crippen LogP contribution in [0.25, 0.3) is 0 Å². The van der Waals surface area contributed by atoms with Crippen molar-refractivity contribution in [3.05, 3.63) is 33.8 Å². The third kappa shape index (κ3) is 4.03. The Balaban J connectivity index is 1.76. The van der Waals surface area contributed by atoms with E-state index in [4.69, 9.17) is 34.8 Å². The van der Waals surface area contributed by atoms with Crippen LogP contribution in [-0.4, -0.2) is 11.9 Å². The summed E-state index contributed by atoms with van der Waals surface area (Å²) in [4.78, 5) is 0. The van der Waals surface area contributed by atoms with Gasteiger partial charge in [-0.2, -0.15) is 0 Å². The first-order valence-electron chi connectivity index (χ1n) is 5.94.